The molecule has 0 spiro atoms. The van der Waals surface area contributed by atoms with Crippen molar-refractivity contribution in [3.63, 3.8) is 0 Å². The lowest BCUT2D eigenvalue weighted by atomic mass is 10.1. The number of carboxylic acid groups (broad SMARTS) is 1. The van der Waals surface area contributed by atoms with E-state index >= 15 is 0 Å². The highest BCUT2D eigenvalue weighted by atomic mass is 16.5. The molecule has 4 heteroatoms. The number of ether oxygens (including phenoxy) is 1. The van der Waals surface area contributed by atoms with E-state index in [1.165, 1.54) is 6.92 Å². The minimum atomic E-state index is -0.985. The van der Waals surface area contributed by atoms with Gasteiger partial charge in [-0.1, -0.05) is 12.1 Å². The van der Waals surface area contributed by atoms with Crippen LogP contribution >= 0.6 is 0 Å². The molecule has 2 unspecified atom stereocenters. The molecule has 0 aliphatic rings. The van der Waals surface area contributed by atoms with Gasteiger partial charge in [-0.15, -0.1) is 0 Å². The number of carbonyl (C=O) groups is 1. The molecule has 0 fully saturated rings. The molecule has 0 aromatic heterocycles. The largest absolute Gasteiger partial charge is 0.479 e. The van der Waals surface area contributed by atoms with Crippen LogP contribution in [-0.2, 0) is 4.79 Å². The predicted molar refractivity (Wildman–Crippen MR) is 56.8 cm³/mol. The predicted octanol–water partition coefficient (Wildman–Crippen LogP) is 1.56. The minimum absolute atomic E-state index is 0.0892. The van der Waals surface area contributed by atoms with Crippen LogP contribution in [0.1, 0.15) is 25.5 Å². The van der Waals surface area contributed by atoms with Crippen LogP contribution in [0, 0.1) is 0 Å². The van der Waals surface area contributed by atoms with Crippen molar-refractivity contribution < 1.29 is 14.6 Å². The Bertz CT molecular complexity index is 349. The SMILES string of the molecule is CC(Oc1cccc(C(C)N)c1)C(=O)O. The van der Waals surface area contributed by atoms with Gasteiger partial charge >= 0.3 is 5.97 Å². The second kappa shape index (κ2) is 4.79. The second-order valence-corrected chi connectivity index (χ2v) is 3.46. The summed E-state index contributed by atoms with van der Waals surface area (Å²) in [6, 6.07) is 7.05. The first-order valence-electron chi connectivity index (χ1n) is 4.75. The molecule has 1 rings (SSSR count). The highest BCUT2D eigenvalue weighted by Gasteiger charge is 2.12. The number of aliphatic carboxylic acids is 1. The Kier molecular flexibility index (Phi) is 3.68. The summed E-state index contributed by atoms with van der Waals surface area (Å²) in [6.07, 6.45) is -0.853. The van der Waals surface area contributed by atoms with Gasteiger partial charge in [0.05, 0.1) is 0 Å². The summed E-state index contributed by atoms with van der Waals surface area (Å²) in [4.78, 5) is 10.6. The van der Waals surface area contributed by atoms with Crippen molar-refractivity contribution >= 4 is 5.97 Å². The van der Waals surface area contributed by atoms with Crippen LogP contribution in [0.15, 0.2) is 24.3 Å². The number of hydrogen-bond donors (Lipinski definition) is 2. The Hall–Kier alpha value is -1.55. The van der Waals surface area contributed by atoms with E-state index in [-0.39, 0.29) is 6.04 Å². The van der Waals surface area contributed by atoms with Gasteiger partial charge in [0.25, 0.3) is 0 Å². The number of nitrogens with two attached hydrogens (primary N) is 1. The molecule has 0 heterocycles. The zero-order valence-corrected chi connectivity index (χ0v) is 8.81. The molecule has 0 saturated carbocycles. The van der Waals surface area contributed by atoms with Crippen molar-refractivity contribution in [3.8, 4) is 5.75 Å². The highest BCUT2D eigenvalue weighted by molar-refractivity contribution is 5.72. The first-order valence-corrected chi connectivity index (χ1v) is 4.75. The number of hydrogen-bond acceptors (Lipinski definition) is 3. The smallest absolute Gasteiger partial charge is 0.344 e. The summed E-state index contributed by atoms with van der Waals surface area (Å²) in [6.45, 7) is 3.35. The third-order valence-corrected chi connectivity index (χ3v) is 2.04. The lowest BCUT2D eigenvalue weighted by Crippen LogP contribution is -2.22. The Morgan fingerprint density at radius 1 is 1.47 bits per heavy atom. The summed E-state index contributed by atoms with van der Waals surface area (Å²) in [7, 11) is 0. The van der Waals surface area contributed by atoms with Crippen LogP contribution in [0.2, 0.25) is 0 Å². The van der Waals surface area contributed by atoms with Crippen molar-refractivity contribution in [2.45, 2.75) is 26.0 Å². The molecule has 1 aromatic carbocycles. The third kappa shape index (κ3) is 3.25. The zero-order valence-electron chi connectivity index (χ0n) is 8.81. The summed E-state index contributed by atoms with van der Waals surface area (Å²) in [5.41, 5.74) is 6.62. The summed E-state index contributed by atoms with van der Waals surface area (Å²) >= 11 is 0. The van der Waals surface area contributed by atoms with Crippen LogP contribution in [-0.4, -0.2) is 17.2 Å². The lowest BCUT2D eigenvalue weighted by molar-refractivity contribution is -0.144. The maximum absolute atomic E-state index is 10.6. The van der Waals surface area contributed by atoms with Crippen LogP contribution in [0.25, 0.3) is 0 Å². The van der Waals surface area contributed by atoms with E-state index in [1.807, 2.05) is 13.0 Å². The van der Waals surface area contributed by atoms with Crippen molar-refractivity contribution in [1.29, 1.82) is 0 Å². The molecule has 4 nitrogen and oxygen atoms in total. The van der Waals surface area contributed by atoms with Crippen LogP contribution in [0.4, 0.5) is 0 Å². The van der Waals surface area contributed by atoms with Gasteiger partial charge in [-0.25, -0.2) is 4.79 Å². The molecule has 0 aliphatic heterocycles. The molecule has 0 amide bonds. The maximum Gasteiger partial charge on any atom is 0.344 e. The fraction of sp³-hybridized carbons (Fsp3) is 0.364. The van der Waals surface area contributed by atoms with Crippen LogP contribution < -0.4 is 10.5 Å². The Morgan fingerprint density at radius 2 is 2.13 bits per heavy atom. The molecule has 0 saturated heterocycles. The van der Waals surface area contributed by atoms with Crippen molar-refractivity contribution in [1.82, 2.24) is 0 Å². The van der Waals surface area contributed by atoms with Gasteiger partial charge in [-0.3, -0.25) is 0 Å². The number of benzene rings is 1. The van der Waals surface area contributed by atoms with E-state index in [4.69, 9.17) is 15.6 Å². The van der Waals surface area contributed by atoms with Crippen LogP contribution in [0.3, 0.4) is 0 Å². The van der Waals surface area contributed by atoms with E-state index in [1.54, 1.807) is 18.2 Å². The van der Waals surface area contributed by atoms with Crippen LogP contribution in [0.5, 0.6) is 5.75 Å². The normalized spacial score (nSPS) is 14.3. The quantitative estimate of drug-likeness (QED) is 0.789. The van der Waals surface area contributed by atoms with Gasteiger partial charge in [-0.2, -0.15) is 0 Å². The average Bonchev–Trinajstić information content (AvgIpc) is 2.18. The lowest BCUT2D eigenvalue weighted by Gasteiger charge is -2.12. The van der Waals surface area contributed by atoms with Crippen molar-refractivity contribution in [3.05, 3.63) is 29.8 Å². The minimum Gasteiger partial charge on any atom is -0.479 e. The van der Waals surface area contributed by atoms with Gasteiger partial charge in [0.2, 0.25) is 0 Å². The van der Waals surface area contributed by atoms with E-state index in [0.717, 1.165) is 5.56 Å². The van der Waals surface area contributed by atoms with E-state index in [2.05, 4.69) is 0 Å². The first kappa shape index (κ1) is 11.5. The average molecular weight is 209 g/mol. The van der Waals surface area contributed by atoms with Crippen molar-refractivity contribution in [2.24, 2.45) is 5.73 Å². The Morgan fingerprint density at radius 3 is 2.67 bits per heavy atom. The Balaban J connectivity index is 2.78. The molecule has 15 heavy (non-hydrogen) atoms. The van der Waals surface area contributed by atoms with Gasteiger partial charge in [0, 0.05) is 6.04 Å². The fourth-order valence-electron chi connectivity index (χ4n) is 1.13. The molecule has 1 aromatic rings. The summed E-state index contributed by atoms with van der Waals surface area (Å²) in [5.74, 6) is -0.457. The van der Waals surface area contributed by atoms with Gasteiger partial charge in [-0.05, 0) is 31.5 Å². The summed E-state index contributed by atoms with van der Waals surface area (Å²) in [5, 5.41) is 8.67. The second-order valence-electron chi connectivity index (χ2n) is 3.46. The molecular formula is C11H15NO3. The fourth-order valence-corrected chi connectivity index (χ4v) is 1.13. The van der Waals surface area contributed by atoms with E-state index in [0.29, 0.717) is 5.75 Å². The molecule has 82 valence electrons. The highest BCUT2D eigenvalue weighted by Crippen LogP contribution is 2.18. The molecule has 2 atom stereocenters. The van der Waals surface area contributed by atoms with E-state index in [9.17, 15) is 4.79 Å². The molecule has 3 N–H and O–H groups in total. The Labute approximate surface area is 88.7 Å². The first-order chi connectivity index (χ1) is 7.00. The molecule has 0 aliphatic carbocycles. The standard InChI is InChI=1S/C11H15NO3/c1-7(12)9-4-3-5-10(6-9)15-8(2)11(13)14/h3-8H,12H2,1-2H3,(H,13,14). The summed E-state index contributed by atoms with van der Waals surface area (Å²) < 4.78 is 5.21. The third-order valence-electron chi connectivity index (χ3n) is 2.04. The van der Waals surface area contributed by atoms with Crippen molar-refractivity contribution in [2.75, 3.05) is 0 Å². The maximum atomic E-state index is 10.6. The monoisotopic (exact) mass is 209 g/mol. The zero-order chi connectivity index (χ0) is 11.4. The molecular weight excluding hydrogens is 194 g/mol. The van der Waals surface area contributed by atoms with Gasteiger partial charge in [0.1, 0.15) is 5.75 Å². The van der Waals surface area contributed by atoms with Gasteiger partial charge in [0.15, 0.2) is 6.10 Å². The van der Waals surface area contributed by atoms with Gasteiger partial charge < -0.3 is 15.6 Å². The topological polar surface area (TPSA) is 72.5 Å². The molecule has 0 radical (unpaired) electrons. The van der Waals surface area contributed by atoms with E-state index < -0.39 is 12.1 Å². The number of rotatable bonds is 4. The number of carboxylic acids is 1. The molecule has 0 bridgehead atoms.